The van der Waals surface area contributed by atoms with Gasteiger partial charge in [-0.3, -0.25) is 0 Å². The van der Waals surface area contributed by atoms with Crippen LogP contribution in [0.25, 0.3) is 10.8 Å². The SMILES string of the molecule is Cc1c(C)c(C)c2c(c1C)NC1c3ccc4c5c(ccc(c35)CN21)C1Nc2c(C)c(C)c(C)c(C)c2N1C4. The average molecular weight is 501 g/mol. The number of hydrogen-bond acceptors (Lipinski definition) is 4. The van der Waals surface area contributed by atoms with E-state index in [0.29, 0.717) is 0 Å². The molecule has 4 aliphatic rings. The second kappa shape index (κ2) is 7.05. The van der Waals surface area contributed by atoms with Crippen LogP contribution in [0.1, 0.15) is 79.1 Å². The van der Waals surface area contributed by atoms with Gasteiger partial charge in [0.25, 0.3) is 0 Å². The molecule has 0 spiro atoms. The molecular formula is C34H36N4. The molecule has 38 heavy (non-hydrogen) atoms. The van der Waals surface area contributed by atoms with E-state index >= 15 is 0 Å². The lowest BCUT2D eigenvalue weighted by Crippen LogP contribution is -2.35. The maximum atomic E-state index is 3.98. The van der Waals surface area contributed by atoms with Crippen molar-refractivity contribution < 1.29 is 0 Å². The van der Waals surface area contributed by atoms with Gasteiger partial charge < -0.3 is 20.4 Å². The van der Waals surface area contributed by atoms with Gasteiger partial charge in [0, 0.05) is 24.2 Å². The van der Waals surface area contributed by atoms with Crippen molar-refractivity contribution in [2.24, 2.45) is 0 Å². The Morgan fingerprint density at radius 2 is 0.868 bits per heavy atom. The highest BCUT2D eigenvalue weighted by atomic mass is 15.3. The van der Waals surface area contributed by atoms with Crippen LogP contribution in [0.15, 0.2) is 24.3 Å². The normalized spacial score (nSPS) is 19.7. The number of anilines is 4. The maximum Gasteiger partial charge on any atom is 0.127 e. The summed E-state index contributed by atoms with van der Waals surface area (Å²) in [4.78, 5) is 5.22. The van der Waals surface area contributed by atoms with Crippen LogP contribution in [0.2, 0.25) is 0 Å². The Hall–Kier alpha value is -3.66. The molecule has 0 saturated carbocycles. The van der Waals surface area contributed by atoms with Gasteiger partial charge in [0.05, 0.1) is 22.7 Å². The minimum atomic E-state index is 0.182. The first kappa shape index (κ1) is 22.3. The van der Waals surface area contributed by atoms with Gasteiger partial charge in [-0.25, -0.2) is 0 Å². The van der Waals surface area contributed by atoms with E-state index in [1.807, 2.05) is 0 Å². The van der Waals surface area contributed by atoms with Gasteiger partial charge >= 0.3 is 0 Å². The summed E-state index contributed by atoms with van der Waals surface area (Å²) in [5.74, 6) is 0. The summed E-state index contributed by atoms with van der Waals surface area (Å²) in [6.07, 6.45) is 0.365. The third-order valence-corrected chi connectivity index (χ3v) is 10.7. The van der Waals surface area contributed by atoms with Crippen LogP contribution in [-0.4, -0.2) is 0 Å². The first-order valence-electron chi connectivity index (χ1n) is 14.0. The van der Waals surface area contributed by atoms with E-state index in [4.69, 9.17) is 0 Å². The van der Waals surface area contributed by atoms with Crippen molar-refractivity contribution in [3.05, 3.63) is 91.0 Å². The Morgan fingerprint density at radius 1 is 0.500 bits per heavy atom. The van der Waals surface area contributed by atoms with Crippen molar-refractivity contribution in [1.29, 1.82) is 0 Å². The summed E-state index contributed by atoms with van der Waals surface area (Å²) < 4.78 is 0. The predicted molar refractivity (Wildman–Crippen MR) is 160 cm³/mol. The second-order valence-corrected chi connectivity index (χ2v) is 12.2. The highest BCUT2D eigenvalue weighted by Crippen LogP contribution is 2.55. The number of nitrogens with one attached hydrogen (secondary N) is 2. The van der Waals surface area contributed by atoms with E-state index < -0.39 is 0 Å². The monoisotopic (exact) mass is 500 g/mol. The summed E-state index contributed by atoms with van der Waals surface area (Å²) in [6, 6.07) is 9.64. The second-order valence-electron chi connectivity index (χ2n) is 12.2. The van der Waals surface area contributed by atoms with Crippen LogP contribution in [0.5, 0.6) is 0 Å². The average Bonchev–Trinajstić information content (AvgIpc) is 3.50. The van der Waals surface area contributed by atoms with E-state index in [2.05, 4.69) is 100 Å². The molecule has 0 bridgehead atoms. The quantitative estimate of drug-likeness (QED) is 0.255. The van der Waals surface area contributed by atoms with Gasteiger partial charge in [0.1, 0.15) is 12.3 Å². The largest absolute Gasteiger partial charge is 0.360 e. The Bertz CT molecular complexity index is 1650. The molecule has 192 valence electrons. The fraction of sp³-hybridized carbons (Fsp3) is 0.353. The van der Waals surface area contributed by atoms with Gasteiger partial charge in [-0.1, -0.05) is 24.3 Å². The lowest BCUT2D eigenvalue weighted by atomic mass is 9.85. The molecule has 0 saturated heterocycles. The Balaban J connectivity index is 1.31. The van der Waals surface area contributed by atoms with Crippen LogP contribution < -0.4 is 20.4 Å². The first-order chi connectivity index (χ1) is 18.2. The standard InChI is InChI=1S/C34H36N4/c1-15-17(3)21(7)31-29(19(15)5)35-33-25-11-9-24-14-38-32-22(8)18(4)16(2)20(6)30(32)36-34(38)26-12-10-23(13-37(31)33)27(25)28(24)26/h9-12,33-36H,13-14H2,1-8H3. The van der Waals surface area contributed by atoms with E-state index in [1.165, 1.54) is 100 Å². The van der Waals surface area contributed by atoms with Crippen molar-refractivity contribution in [2.45, 2.75) is 80.8 Å². The molecule has 0 aromatic heterocycles. The van der Waals surface area contributed by atoms with Crippen molar-refractivity contribution in [2.75, 3.05) is 20.4 Å². The minimum absolute atomic E-state index is 0.182. The molecule has 4 aromatic rings. The summed E-state index contributed by atoms with van der Waals surface area (Å²) in [7, 11) is 0. The van der Waals surface area contributed by atoms with Crippen molar-refractivity contribution in [3.8, 4) is 0 Å². The molecule has 0 amide bonds. The molecule has 4 heterocycles. The fourth-order valence-corrected chi connectivity index (χ4v) is 7.96. The van der Waals surface area contributed by atoms with Gasteiger partial charge in [0.2, 0.25) is 0 Å². The number of rotatable bonds is 0. The van der Waals surface area contributed by atoms with E-state index in [-0.39, 0.29) is 12.3 Å². The third kappa shape index (κ3) is 2.43. The molecule has 2 atom stereocenters. The molecule has 4 aliphatic heterocycles. The van der Waals surface area contributed by atoms with Crippen molar-refractivity contribution >= 4 is 33.5 Å². The summed E-state index contributed by atoms with van der Waals surface area (Å²) in [5, 5.41) is 10.9. The molecule has 4 heteroatoms. The first-order valence-corrected chi connectivity index (χ1v) is 14.0. The number of benzene rings is 4. The van der Waals surface area contributed by atoms with Crippen LogP contribution in [-0.2, 0) is 13.1 Å². The van der Waals surface area contributed by atoms with E-state index in [9.17, 15) is 0 Å². The topological polar surface area (TPSA) is 30.5 Å². The Morgan fingerprint density at radius 3 is 1.26 bits per heavy atom. The molecule has 8 rings (SSSR count). The molecule has 0 fully saturated rings. The lowest BCUT2D eigenvalue weighted by Gasteiger charge is -2.39. The smallest absolute Gasteiger partial charge is 0.127 e. The molecule has 0 radical (unpaired) electrons. The molecular weight excluding hydrogens is 464 g/mol. The van der Waals surface area contributed by atoms with Gasteiger partial charge in [-0.2, -0.15) is 0 Å². The van der Waals surface area contributed by atoms with E-state index in [0.717, 1.165) is 13.1 Å². The zero-order valence-corrected chi connectivity index (χ0v) is 23.8. The zero-order chi connectivity index (χ0) is 26.4. The molecule has 4 nitrogen and oxygen atoms in total. The third-order valence-electron chi connectivity index (χ3n) is 10.7. The summed E-state index contributed by atoms with van der Waals surface area (Å²) >= 11 is 0. The van der Waals surface area contributed by atoms with Gasteiger partial charge in [-0.05, 0) is 122 Å². The van der Waals surface area contributed by atoms with Crippen LogP contribution in [0.3, 0.4) is 0 Å². The highest BCUT2D eigenvalue weighted by Gasteiger charge is 2.42. The Labute approximate surface area is 225 Å². The van der Waals surface area contributed by atoms with E-state index in [1.54, 1.807) is 0 Å². The van der Waals surface area contributed by atoms with Crippen molar-refractivity contribution in [3.63, 3.8) is 0 Å². The molecule has 4 aromatic carbocycles. The van der Waals surface area contributed by atoms with Gasteiger partial charge in [0.15, 0.2) is 0 Å². The number of nitrogens with zero attached hydrogens (tertiary/aromatic N) is 2. The van der Waals surface area contributed by atoms with Crippen LogP contribution in [0, 0.1) is 55.4 Å². The Kier molecular flexibility index (Phi) is 4.14. The van der Waals surface area contributed by atoms with Crippen molar-refractivity contribution in [1.82, 2.24) is 0 Å². The fourth-order valence-electron chi connectivity index (χ4n) is 7.96. The molecule has 0 aliphatic carbocycles. The lowest BCUT2D eigenvalue weighted by molar-refractivity contribution is 0.683. The number of hydrogen-bond donors (Lipinski definition) is 2. The number of fused-ring (bicyclic) bond motifs is 8. The minimum Gasteiger partial charge on any atom is -0.360 e. The molecule has 2 N–H and O–H groups in total. The predicted octanol–water partition coefficient (Wildman–Crippen LogP) is 8.20. The maximum absolute atomic E-state index is 3.98. The van der Waals surface area contributed by atoms with Crippen LogP contribution >= 0.6 is 0 Å². The van der Waals surface area contributed by atoms with Gasteiger partial charge in [-0.15, -0.1) is 0 Å². The molecule has 2 unspecified atom stereocenters. The summed E-state index contributed by atoms with van der Waals surface area (Å²) in [5.41, 5.74) is 22.4. The zero-order valence-electron chi connectivity index (χ0n) is 23.8. The van der Waals surface area contributed by atoms with Crippen LogP contribution in [0.4, 0.5) is 22.7 Å². The summed E-state index contributed by atoms with van der Waals surface area (Å²) in [6.45, 7) is 20.1. The highest BCUT2D eigenvalue weighted by molar-refractivity contribution is 6.01.